The van der Waals surface area contributed by atoms with Gasteiger partial charge in [-0.2, -0.15) is 0 Å². The van der Waals surface area contributed by atoms with Crippen LogP contribution in [0.2, 0.25) is 5.02 Å². The monoisotopic (exact) mass is 241 g/mol. The van der Waals surface area contributed by atoms with E-state index in [2.05, 4.69) is 4.90 Å². The number of hydrogen-bond donors (Lipinski definition) is 1. The lowest BCUT2D eigenvalue weighted by Gasteiger charge is -2.43. The predicted molar refractivity (Wildman–Crippen MR) is 63.4 cm³/mol. The lowest BCUT2D eigenvalue weighted by Crippen LogP contribution is -2.55. The Bertz CT molecular complexity index is 385. The molecule has 0 bridgehead atoms. The zero-order valence-corrected chi connectivity index (χ0v) is 10.2. The SMILES string of the molecule is CC1N(C)CCOC1(O)c1cccc(Cl)c1. The van der Waals surface area contributed by atoms with E-state index >= 15 is 0 Å². The minimum Gasteiger partial charge on any atom is -0.361 e. The highest BCUT2D eigenvalue weighted by molar-refractivity contribution is 6.30. The summed E-state index contributed by atoms with van der Waals surface area (Å²) in [5, 5.41) is 11.2. The molecule has 1 aromatic rings. The molecule has 2 atom stereocenters. The van der Waals surface area contributed by atoms with Crippen LogP contribution in [0.4, 0.5) is 0 Å². The Labute approximate surface area is 101 Å². The number of rotatable bonds is 1. The van der Waals surface area contributed by atoms with Crippen molar-refractivity contribution < 1.29 is 9.84 Å². The largest absolute Gasteiger partial charge is 0.361 e. The first-order valence-corrected chi connectivity index (χ1v) is 5.74. The van der Waals surface area contributed by atoms with Gasteiger partial charge in [0.1, 0.15) is 0 Å². The number of hydrogen-bond acceptors (Lipinski definition) is 3. The molecule has 1 N–H and O–H groups in total. The fourth-order valence-electron chi connectivity index (χ4n) is 1.99. The molecule has 0 spiro atoms. The molecule has 1 aromatic carbocycles. The zero-order valence-electron chi connectivity index (χ0n) is 9.48. The maximum atomic E-state index is 10.6. The van der Waals surface area contributed by atoms with E-state index in [1.807, 2.05) is 26.1 Å². The highest BCUT2D eigenvalue weighted by atomic mass is 35.5. The van der Waals surface area contributed by atoms with Gasteiger partial charge in [0.05, 0.1) is 12.6 Å². The van der Waals surface area contributed by atoms with Crippen molar-refractivity contribution in [1.82, 2.24) is 4.90 Å². The van der Waals surface area contributed by atoms with Crippen LogP contribution in [0, 0.1) is 0 Å². The number of ether oxygens (including phenoxy) is 1. The van der Waals surface area contributed by atoms with Gasteiger partial charge in [0, 0.05) is 17.1 Å². The molecule has 0 amide bonds. The van der Waals surface area contributed by atoms with E-state index < -0.39 is 5.79 Å². The van der Waals surface area contributed by atoms with Gasteiger partial charge >= 0.3 is 0 Å². The molecule has 1 heterocycles. The summed E-state index contributed by atoms with van der Waals surface area (Å²) >= 11 is 5.93. The van der Waals surface area contributed by atoms with Gasteiger partial charge in [-0.3, -0.25) is 4.90 Å². The second kappa shape index (κ2) is 4.34. The smallest absolute Gasteiger partial charge is 0.208 e. The quantitative estimate of drug-likeness (QED) is 0.815. The summed E-state index contributed by atoms with van der Waals surface area (Å²) in [7, 11) is 1.97. The number of aliphatic hydroxyl groups is 1. The molecular formula is C12H16ClNO2. The van der Waals surface area contributed by atoms with E-state index in [4.69, 9.17) is 16.3 Å². The summed E-state index contributed by atoms with van der Waals surface area (Å²) < 4.78 is 5.54. The average molecular weight is 242 g/mol. The van der Waals surface area contributed by atoms with Crippen LogP contribution >= 0.6 is 11.6 Å². The zero-order chi connectivity index (χ0) is 11.8. The molecule has 1 aliphatic heterocycles. The molecule has 4 heteroatoms. The van der Waals surface area contributed by atoms with E-state index in [-0.39, 0.29) is 6.04 Å². The number of morpholine rings is 1. The third kappa shape index (κ3) is 1.96. The van der Waals surface area contributed by atoms with Crippen molar-refractivity contribution in [3.8, 4) is 0 Å². The van der Waals surface area contributed by atoms with Crippen molar-refractivity contribution in [1.29, 1.82) is 0 Å². The molecule has 88 valence electrons. The molecule has 1 saturated heterocycles. The molecule has 2 rings (SSSR count). The van der Waals surface area contributed by atoms with Gasteiger partial charge in [-0.25, -0.2) is 0 Å². The minimum absolute atomic E-state index is 0.0975. The minimum atomic E-state index is -1.27. The Morgan fingerprint density at radius 3 is 3.00 bits per heavy atom. The normalized spacial score (nSPS) is 31.6. The van der Waals surface area contributed by atoms with Gasteiger partial charge in [0.25, 0.3) is 0 Å². The summed E-state index contributed by atoms with van der Waals surface area (Å²) in [4.78, 5) is 2.07. The van der Waals surface area contributed by atoms with Crippen LogP contribution in [-0.2, 0) is 10.5 Å². The molecule has 3 nitrogen and oxygen atoms in total. The molecule has 2 unspecified atom stereocenters. The summed E-state index contributed by atoms with van der Waals surface area (Å²) in [5.74, 6) is -1.27. The predicted octanol–water partition coefficient (Wildman–Crippen LogP) is 1.84. The Kier molecular flexibility index (Phi) is 3.22. The van der Waals surface area contributed by atoms with E-state index in [1.54, 1.807) is 12.1 Å². The lowest BCUT2D eigenvalue weighted by molar-refractivity contribution is -0.271. The summed E-state index contributed by atoms with van der Waals surface area (Å²) in [6.45, 7) is 3.29. The van der Waals surface area contributed by atoms with E-state index in [1.165, 1.54) is 0 Å². The first-order valence-electron chi connectivity index (χ1n) is 5.36. The standard InChI is InChI=1S/C12H16ClNO2/c1-9-12(15,16-7-6-14(9)2)10-4-3-5-11(13)8-10/h3-5,8-9,15H,6-7H2,1-2H3. The van der Waals surface area contributed by atoms with Crippen LogP contribution in [0.25, 0.3) is 0 Å². The lowest BCUT2D eigenvalue weighted by atomic mass is 9.97. The fraction of sp³-hybridized carbons (Fsp3) is 0.500. The third-order valence-corrected chi connectivity index (χ3v) is 3.47. The second-order valence-electron chi connectivity index (χ2n) is 4.21. The summed E-state index contributed by atoms with van der Waals surface area (Å²) in [5.41, 5.74) is 0.707. The Morgan fingerprint density at radius 1 is 1.56 bits per heavy atom. The summed E-state index contributed by atoms with van der Waals surface area (Å²) in [6.07, 6.45) is 0. The van der Waals surface area contributed by atoms with Crippen LogP contribution in [0.15, 0.2) is 24.3 Å². The van der Waals surface area contributed by atoms with Crippen LogP contribution in [0.3, 0.4) is 0 Å². The van der Waals surface area contributed by atoms with Crippen molar-refractivity contribution in [2.45, 2.75) is 18.8 Å². The van der Waals surface area contributed by atoms with Crippen molar-refractivity contribution >= 4 is 11.6 Å². The second-order valence-corrected chi connectivity index (χ2v) is 4.65. The van der Waals surface area contributed by atoms with E-state index in [0.29, 0.717) is 17.2 Å². The molecule has 0 aromatic heterocycles. The molecule has 16 heavy (non-hydrogen) atoms. The molecule has 1 aliphatic rings. The van der Waals surface area contributed by atoms with Gasteiger partial charge in [-0.15, -0.1) is 0 Å². The Hall–Kier alpha value is -0.610. The van der Waals surface area contributed by atoms with Gasteiger partial charge in [0.15, 0.2) is 0 Å². The maximum absolute atomic E-state index is 10.6. The fourth-order valence-corrected chi connectivity index (χ4v) is 2.18. The molecule has 1 fully saturated rings. The van der Waals surface area contributed by atoms with Crippen molar-refractivity contribution in [3.05, 3.63) is 34.9 Å². The van der Waals surface area contributed by atoms with Crippen LogP contribution in [0.5, 0.6) is 0 Å². The number of likely N-dealkylation sites (N-methyl/N-ethyl adjacent to an activating group) is 1. The molecule has 0 saturated carbocycles. The van der Waals surface area contributed by atoms with Gasteiger partial charge in [0.2, 0.25) is 5.79 Å². The third-order valence-electron chi connectivity index (χ3n) is 3.23. The topological polar surface area (TPSA) is 32.7 Å². The van der Waals surface area contributed by atoms with Crippen LogP contribution < -0.4 is 0 Å². The maximum Gasteiger partial charge on any atom is 0.208 e. The highest BCUT2D eigenvalue weighted by Crippen LogP contribution is 2.33. The van der Waals surface area contributed by atoms with Crippen LogP contribution in [-0.4, -0.2) is 36.2 Å². The van der Waals surface area contributed by atoms with Gasteiger partial charge in [-0.1, -0.05) is 23.7 Å². The molecule has 0 radical (unpaired) electrons. The Balaban J connectivity index is 2.36. The number of halogens is 1. The molecule has 0 aliphatic carbocycles. The first-order chi connectivity index (χ1) is 7.54. The first kappa shape index (κ1) is 11.9. The number of nitrogens with zero attached hydrogens (tertiary/aromatic N) is 1. The average Bonchev–Trinajstić information content (AvgIpc) is 2.26. The van der Waals surface area contributed by atoms with Gasteiger partial charge in [-0.05, 0) is 26.1 Å². The van der Waals surface area contributed by atoms with Crippen molar-refractivity contribution in [2.24, 2.45) is 0 Å². The van der Waals surface area contributed by atoms with Crippen molar-refractivity contribution in [3.63, 3.8) is 0 Å². The van der Waals surface area contributed by atoms with E-state index in [9.17, 15) is 5.11 Å². The van der Waals surface area contributed by atoms with Gasteiger partial charge < -0.3 is 9.84 Å². The van der Waals surface area contributed by atoms with Crippen LogP contribution in [0.1, 0.15) is 12.5 Å². The summed E-state index contributed by atoms with van der Waals surface area (Å²) in [6, 6.07) is 7.09. The van der Waals surface area contributed by atoms with Crippen molar-refractivity contribution in [2.75, 3.05) is 20.2 Å². The van der Waals surface area contributed by atoms with E-state index in [0.717, 1.165) is 6.54 Å². The number of benzene rings is 1. The Morgan fingerprint density at radius 2 is 2.31 bits per heavy atom. The highest BCUT2D eigenvalue weighted by Gasteiger charge is 2.42. The molecular weight excluding hydrogens is 226 g/mol.